The Morgan fingerprint density at radius 3 is 0.913 bits per heavy atom. The Hall–Kier alpha value is -9.54. The summed E-state index contributed by atoms with van der Waals surface area (Å²) in [6.45, 7) is -12.1. The minimum Gasteiger partial charge on any atom is -0.493 e. The standard InChI is InChI=1S/3C29H33O16P/c3*1-11-38-9-20-27(42-11)23(30)24(31)29(43-20)44-25-14-7-17-16(40-10-41-17)6-13(14)21(22-15(25)8-39-28(22)32)12-4-18(36-2)26(19(5-12)37-3)45-46(33,34)35/h3*4-7,11,15,20-25,27,29-31H,8-10H2,1-3H3,(H2,33,34,35)/t3*11-,15+,20-,21-,22+,23-,24-,25-,27-,29+/m111/s1/i2D3,3D3,9D2,10D2;9D2,10D2,21D;9D2,10D2. The Balaban J connectivity index is 0.000000147. The second kappa shape index (κ2) is 38.4. The van der Waals surface area contributed by atoms with Gasteiger partial charge >= 0.3 is 41.4 Å². The fourth-order valence-electron chi connectivity index (χ4n) is 19.4. The molecule has 750 valence electrons. The number of rotatable bonds is 21. The van der Waals surface area contributed by atoms with Crippen molar-refractivity contribution in [1.29, 1.82) is 0 Å². The number of benzene rings is 6. The van der Waals surface area contributed by atoms with Crippen LogP contribution in [0.5, 0.6) is 86.2 Å². The molecule has 30 atom stereocenters. The van der Waals surface area contributed by atoms with Crippen LogP contribution in [-0.4, -0.2) is 291 Å². The molecule has 51 heteroatoms. The van der Waals surface area contributed by atoms with Crippen molar-refractivity contribution in [3.8, 4) is 86.2 Å². The first kappa shape index (κ1) is 76.2. The quantitative estimate of drug-likeness (QED) is 0.0279. The van der Waals surface area contributed by atoms with Crippen molar-refractivity contribution in [2.45, 2.75) is 168 Å². The zero-order chi connectivity index (χ0) is 114. The molecular formula is C87H99O48P3. The van der Waals surface area contributed by atoms with Crippen LogP contribution in [0.25, 0.3) is 0 Å². The van der Waals surface area contributed by atoms with Gasteiger partial charge in [0.2, 0.25) is 37.5 Å². The van der Waals surface area contributed by atoms with Crippen LogP contribution in [0.1, 0.15) is 133 Å². The number of esters is 3. The number of hydrogen-bond donors (Lipinski definition) is 12. The molecule has 0 saturated carbocycles. The van der Waals surface area contributed by atoms with Crippen LogP contribution in [0, 0.1) is 35.5 Å². The SMILES string of the molecule is [2H]C([2H])([2H])Oc1cc([C@@H]2c3cc4c(cc3[C@@H](O[C@@H]3O[C@H]5[C@@H](O[C@H](C)OC5([2H])[2H])[C@H](O)[C@H]3O)[C@H]3COC(=O)[C@H]23)OC([2H])([2H])O4)cc(OC([2H])([2H])[2H])c1OP(=O)(O)O.[2H]C1([2H])Oc2cc3c(cc2O1)[C@@H](O[C@@H]1O[C@H]2[C@@H](O[C@H](C)OC2([2H])[2H])[C@H](O)[C@H]1O)[C@H]1COC(=O)[C@@H]1[C@@H]3c1cc(OC)c(OP(=O)(O)O)c(OC)c1.[2H]C1([2H])Oc2cc3c(cc2O1)[C@@]([2H])(c1cc(OC)c(OP(=O)(O)O)c(OC)c1)[C@H]1C(=O)OC[C@@H]1[C@@H]3O[C@@H]1O[C@H]2[C@@H](O[C@H](C)OC2([2H])[2H])[C@H](O)[C@H]1O. The zero-order valence-corrected chi connectivity index (χ0v) is 74.9. The fraction of sp³-hybridized carbons (Fsp3) is 0.552. The number of hydrogen-bond acceptors (Lipinski definition) is 42. The van der Waals surface area contributed by atoms with Gasteiger partial charge in [0, 0.05) is 36.9 Å². The van der Waals surface area contributed by atoms with Crippen molar-refractivity contribution in [1.82, 2.24) is 0 Å². The van der Waals surface area contributed by atoms with E-state index in [0.717, 1.165) is 12.1 Å². The van der Waals surface area contributed by atoms with Crippen LogP contribution in [0.3, 0.4) is 0 Å². The number of ether oxygens (including phenoxy) is 27. The summed E-state index contributed by atoms with van der Waals surface area (Å²) in [5, 5.41) is 66.6. The topological polar surface area (TPSA) is 622 Å². The molecule has 3 aliphatic carbocycles. The molecule has 12 N–H and O–H groups in total. The summed E-state index contributed by atoms with van der Waals surface area (Å²) in [6, 6.07) is 15.1. The fourth-order valence-corrected chi connectivity index (χ4v) is 20.7. The summed E-state index contributed by atoms with van der Waals surface area (Å²) in [7, 11) is -17.6. The molecule has 0 aromatic heterocycles. The van der Waals surface area contributed by atoms with Crippen molar-refractivity contribution in [3.05, 3.63) is 123 Å². The van der Waals surface area contributed by atoms with E-state index < -0.39 is 313 Å². The Labute approximate surface area is 809 Å². The number of aliphatic hydroxyl groups is 6. The predicted octanol–water partition coefficient (Wildman–Crippen LogP) is 3.31. The maximum atomic E-state index is 13.7. The smallest absolute Gasteiger partial charge is 0.493 e. The van der Waals surface area contributed by atoms with Gasteiger partial charge in [-0.1, -0.05) is 0 Å². The minimum atomic E-state index is -5.55. The Morgan fingerprint density at radius 2 is 0.616 bits per heavy atom. The third-order valence-electron chi connectivity index (χ3n) is 25.2. The molecule has 0 radical (unpaired) electrons. The lowest BCUT2D eigenvalue weighted by molar-refractivity contribution is -0.364. The first-order valence-electron chi connectivity index (χ1n) is 51.4. The molecule has 0 bridgehead atoms. The lowest BCUT2D eigenvalue weighted by Crippen LogP contribution is -2.63. The number of carbonyl (C=O) groups is 3. The van der Waals surface area contributed by atoms with Gasteiger partial charge in [-0.2, -0.15) is 0 Å². The van der Waals surface area contributed by atoms with Crippen LogP contribution < -0.4 is 70.4 Å². The molecule has 0 unspecified atom stereocenters. The van der Waals surface area contributed by atoms with Crippen molar-refractivity contribution >= 4 is 41.4 Å². The third kappa shape index (κ3) is 18.3. The first-order chi connectivity index (χ1) is 72.9. The van der Waals surface area contributed by atoms with Gasteiger partial charge in [-0.05, 0) is 144 Å². The number of carbonyl (C=O) groups excluding carboxylic acids is 3. The molecule has 138 heavy (non-hydrogen) atoms. The van der Waals surface area contributed by atoms with Crippen LogP contribution in [0.4, 0.5) is 0 Å². The van der Waals surface area contributed by atoms with E-state index in [2.05, 4.69) is 4.52 Å². The predicted molar refractivity (Wildman–Crippen MR) is 448 cm³/mol. The van der Waals surface area contributed by atoms with Crippen molar-refractivity contribution in [2.24, 2.45) is 35.5 Å². The average molecular weight is 2020 g/mol. The van der Waals surface area contributed by atoms with Crippen molar-refractivity contribution < 1.29 is 256 Å². The summed E-state index contributed by atoms with van der Waals surface area (Å²) in [5.41, 5.74) is 1.02. The van der Waals surface area contributed by atoms with Crippen molar-refractivity contribution in [2.75, 3.05) is 102 Å². The monoisotopic (exact) mass is 2020 g/mol. The lowest BCUT2D eigenvalue weighted by atomic mass is 9.66. The zero-order valence-electron chi connectivity index (χ0n) is 91.2. The molecule has 6 aromatic rings. The Bertz CT molecular complexity index is 6620. The third-order valence-corrected chi connectivity index (χ3v) is 26.5. The lowest BCUT2D eigenvalue weighted by Gasteiger charge is -2.47. The average Bonchev–Trinajstić information content (AvgIpc) is 1.60. The number of fused-ring (bicyclic) bond motifs is 12. The molecule has 9 saturated heterocycles. The molecule has 12 aliphatic heterocycles. The molecular weight excluding hydrogens is 1910 g/mol. The van der Waals surface area contributed by atoms with Crippen LogP contribution in [0.15, 0.2) is 72.8 Å². The minimum absolute atomic E-state index is 0.0161. The van der Waals surface area contributed by atoms with E-state index in [1.807, 2.05) is 0 Å². The maximum absolute atomic E-state index is 13.7. The first-order valence-corrected chi connectivity index (χ1v) is 46.5. The molecule has 9 fully saturated rings. The van der Waals surface area contributed by atoms with E-state index in [9.17, 15) is 89.4 Å². The van der Waals surface area contributed by atoms with E-state index in [0.29, 0.717) is 16.7 Å². The summed E-state index contributed by atoms with van der Waals surface area (Å²) in [4.78, 5) is 98.3. The summed E-state index contributed by atoms with van der Waals surface area (Å²) >= 11 is 0. The highest BCUT2D eigenvalue weighted by atomic mass is 31.2. The number of aliphatic hydroxyl groups excluding tert-OH is 6. The van der Waals surface area contributed by atoms with E-state index in [1.165, 1.54) is 110 Å². The van der Waals surface area contributed by atoms with Gasteiger partial charge in [0.25, 0.3) is 0 Å². The molecule has 12 heterocycles. The second-order valence-electron chi connectivity index (χ2n) is 33.2. The van der Waals surface area contributed by atoms with Crippen LogP contribution in [-0.2, 0) is 99.1 Å². The highest BCUT2D eigenvalue weighted by molar-refractivity contribution is 7.47. The number of phosphoric acid groups is 3. The maximum Gasteiger partial charge on any atom is 0.525 e. The van der Waals surface area contributed by atoms with Gasteiger partial charge in [-0.3, -0.25) is 43.7 Å². The van der Waals surface area contributed by atoms with E-state index in [-0.39, 0.29) is 104 Å². The largest absolute Gasteiger partial charge is 0.525 e. The molecule has 21 rings (SSSR count). The molecule has 0 amide bonds. The summed E-state index contributed by atoms with van der Waals surface area (Å²) in [6.07, 6.45) is -31.8. The highest BCUT2D eigenvalue weighted by Crippen LogP contribution is 2.64. The summed E-state index contributed by atoms with van der Waals surface area (Å²) < 4.78 is 353. The number of cyclic esters (lactones) is 3. The van der Waals surface area contributed by atoms with Crippen molar-refractivity contribution in [3.63, 3.8) is 0 Å². The summed E-state index contributed by atoms with van der Waals surface area (Å²) in [5.74, 6) is -19.0. The number of methoxy groups -OCH3 is 6. The second-order valence-corrected chi connectivity index (χ2v) is 36.7. The Morgan fingerprint density at radius 1 is 0.348 bits per heavy atom. The number of phosphoric ester groups is 3. The molecule has 15 aliphatic rings. The van der Waals surface area contributed by atoms with Gasteiger partial charge < -0.3 is 172 Å². The molecule has 48 nitrogen and oxygen atoms in total. The van der Waals surface area contributed by atoms with Gasteiger partial charge in [0.15, 0.2) is 107 Å². The van der Waals surface area contributed by atoms with Gasteiger partial charge in [0.05, 0.1) is 135 Å². The van der Waals surface area contributed by atoms with Crippen LogP contribution in [0.2, 0.25) is 0 Å². The normalized spacial score (nSPS) is 39.6. The van der Waals surface area contributed by atoms with Gasteiger partial charge in [-0.15, -0.1) is 0 Å². The van der Waals surface area contributed by atoms with Gasteiger partial charge in [-0.25, -0.2) is 13.7 Å². The van der Waals surface area contributed by atoms with E-state index >= 15 is 0 Å². The van der Waals surface area contributed by atoms with E-state index in [4.69, 9.17) is 162 Å². The molecule has 6 aromatic carbocycles. The van der Waals surface area contributed by atoms with Gasteiger partial charge in [0.1, 0.15) is 81.5 Å². The highest BCUT2D eigenvalue weighted by Gasteiger charge is 2.62. The van der Waals surface area contributed by atoms with E-state index in [1.54, 1.807) is 0 Å². The van der Waals surface area contributed by atoms with Crippen LogP contribution >= 0.6 is 23.5 Å². The Kier molecular flexibility index (Phi) is 21.2. The molecule has 0 spiro atoms.